The third kappa shape index (κ3) is 3.62. The van der Waals surface area contributed by atoms with Crippen LogP contribution in [-0.2, 0) is 14.8 Å². The molecule has 1 aromatic carbocycles. The number of benzene rings is 1. The molecule has 0 bridgehead atoms. The van der Waals surface area contributed by atoms with Crippen LogP contribution >= 0.6 is 0 Å². The van der Waals surface area contributed by atoms with Crippen LogP contribution in [0.1, 0.15) is 19.8 Å². The highest BCUT2D eigenvalue weighted by Crippen LogP contribution is 2.30. The Kier molecular flexibility index (Phi) is 4.22. The highest BCUT2D eigenvalue weighted by Gasteiger charge is 2.27. The Morgan fingerprint density at radius 1 is 1.35 bits per heavy atom. The van der Waals surface area contributed by atoms with E-state index in [0.29, 0.717) is 0 Å². The van der Waals surface area contributed by atoms with Crippen LogP contribution in [0, 0.1) is 5.41 Å². The molecule has 0 spiro atoms. The molecule has 7 heteroatoms. The van der Waals surface area contributed by atoms with Gasteiger partial charge in [-0.25, -0.2) is 13.6 Å². The molecule has 1 aliphatic rings. The van der Waals surface area contributed by atoms with Gasteiger partial charge in [0.25, 0.3) is 0 Å². The fraction of sp³-hybridized carbons (Fsp3) is 0.538. The van der Waals surface area contributed by atoms with E-state index in [1.165, 1.54) is 6.07 Å². The highest BCUT2D eigenvalue weighted by molar-refractivity contribution is 7.89. The van der Waals surface area contributed by atoms with Crippen LogP contribution < -0.4 is 16.2 Å². The van der Waals surface area contributed by atoms with E-state index < -0.39 is 10.0 Å². The van der Waals surface area contributed by atoms with Gasteiger partial charge in [-0.15, -0.1) is 0 Å². The van der Waals surface area contributed by atoms with Crippen molar-refractivity contribution in [3.63, 3.8) is 0 Å². The molecule has 0 atom stereocenters. The summed E-state index contributed by atoms with van der Waals surface area (Å²) in [5.41, 5.74) is 6.87. The monoisotopic (exact) mass is 299 g/mol. The number of nitrogens with two attached hydrogens (primary N) is 2. The van der Waals surface area contributed by atoms with Crippen LogP contribution in [0.5, 0.6) is 0 Å². The predicted molar refractivity (Wildman–Crippen MR) is 78.9 cm³/mol. The largest absolute Gasteiger partial charge is 0.398 e. The van der Waals surface area contributed by atoms with Gasteiger partial charge in [-0.1, -0.05) is 6.92 Å². The molecule has 2 rings (SSSR count). The molecular formula is C13H21N3O3S. The molecule has 0 aromatic heterocycles. The van der Waals surface area contributed by atoms with E-state index in [2.05, 4.69) is 12.2 Å². The van der Waals surface area contributed by atoms with Gasteiger partial charge in [0, 0.05) is 25.4 Å². The Bertz CT molecular complexity index is 581. The zero-order valence-corrected chi connectivity index (χ0v) is 12.4. The number of nitrogens with one attached hydrogen (secondary N) is 1. The van der Waals surface area contributed by atoms with Crippen LogP contribution in [0.3, 0.4) is 0 Å². The van der Waals surface area contributed by atoms with Gasteiger partial charge in [0.2, 0.25) is 10.0 Å². The lowest BCUT2D eigenvalue weighted by atomic mass is 9.82. The molecule has 0 unspecified atom stereocenters. The van der Waals surface area contributed by atoms with E-state index in [4.69, 9.17) is 15.6 Å². The summed E-state index contributed by atoms with van der Waals surface area (Å²) >= 11 is 0. The number of sulfonamides is 1. The summed E-state index contributed by atoms with van der Waals surface area (Å²) in [6, 6.07) is 4.71. The van der Waals surface area contributed by atoms with E-state index in [1.54, 1.807) is 12.1 Å². The van der Waals surface area contributed by atoms with Crippen molar-refractivity contribution < 1.29 is 13.2 Å². The molecule has 0 radical (unpaired) electrons. The first kappa shape index (κ1) is 15.1. The van der Waals surface area contributed by atoms with E-state index >= 15 is 0 Å². The molecule has 5 N–H and O–H groups in total. The molecule has 20 heavy (non-hydrogen) atoms. The van der Waals surface area contributed by atoms with Crippen molar-refractivity contribution >= 4 is 21.4 Å². The third-order valence-corrected chi connectivity index (χ3v) is 4.72. The van der Waals surface area contributed by atoms with Crippen molar-refractivity contribution in [1.29, 1.82) is 0 Å². The number of rotatable bonds is 4. The lowest BCUT2D eigenvalue weighted by Crippen LogP contribution is -2.33. The Morgan fingerprint density at radius 2 is 2.00 bits per heavy atom. The molecule has 1 fully saturated rings. The van der Waals surface area contributed by atoms with Gasteiger partial charge < -0.3 is 15.8 Å². The molecule has 112 valence electrons. The minimum atomic E-state index is -3.77. The second-order valence-corrected chi connectivity index (χ2v) is 7.10. The zero-order chi connectivity index (χ0) is 14.8. The molecule has 1 saturated heterocycles. The van der Waals surface area contributed by atoms with E-state index in [9.17, 15) is 8.42 Å². The van der Waals surface area contributed by atoms with Crippen molar-refractivity contribution in [2.75, 3.05) is 30.8 Å². The summed E-state index contributed by atoms with van der Waals surface area (Å²) < 4.78 is 27.9. The number of hydrogen-bond acceptors (Lipinski definition) is 5. The van der Waals surface area contributed by atoms with Gasteiger partial charge in [0.1, 0.15) is 4.90 Å². The van der Waals surface area contributed by atoms with Crippen LogP contribution in [0.4, 0.5) is 11.4 Å². The highest BCUT2D eigenvalue weighted by atomic mass is 32.2. The van der Waals surface area contributed by atoms with Gasteiger partial charge in [0.15, 0.2) is 0 Å². The third-order valence-electron chi connectivity index (χ3n) is 3.74. The van der Waals surface area contributed by atoms with E-state index in [1.807, 2.05) is 0 Å². The molecule has 1 aliphatic heterocycles. The maximum absolute atomic E-state index is 11.3. The first-order valence-corrected chi connectivity index (χ1v) is 8.09. The summed E-state index contributed by atoms with van der Waals surface area (Å²) in [4.78, 5) is -0.0414. The fourth-order valence-electron chi connectivity index (χ4n) is 2.27. The molecule has 0 saturated carbocycles. The summed E-state index contributed by atoms with van der Waals surface area (Å²) in [6.07, 6.45) is 2.01. The number of hydrogen-bond donors (Lipinski definition) is 3. The van der Waals surface area contributed by atoms with Crippen LogP contribution in [-0.4, -0.2) is 28.2 Å². The van der Waals surface area contributed by atoms with Crippen LogP contribution in [0.2, 0.25) is 0 Å². The summed E-state index contributed by atoms with van der Waals surface area (Å²) in [7, 11) is -3.77. The minimum absolute atomic E-state index is 0.0414. The molecule has 1 heterocycles. The fourth-order valence-corrected chi connectivity index (χ4v) is 2.92. The quantitative estimate of drug-likeness (QED) is 0.723. The van der Waals surface area contributed by atoms with Gasteiger partial charge >= 0.3 is 0 Å². The SMILES string of the molecule is CC1(CNc2ccc(S(N)(=O)=O)c(N)c2)CCOCC1. The predicted octanol–water partition coefficient (Wildman–Crippen LogP) is 1.14. The molecule has 0 amide bonds. The second-order valence-electron chi connectivity index (χ2n) is 5.57. The van der Waals surface area contributed by atoms with Crippen LogP contribution in [0.15, 0.2) is 23.1 Å². The van der Waals surface area contributed by atoms with Crippen molar-refractivity contribution in [3.8, 4) is 0 Å². The van der Waals surface area contributed by atoms with Gasteiger partial charge in [-0.05, 0) is 36.5 Å². The standard InChI is InChI=1S/C13H21N3O3S/c1-13(4-6-19-7-5-13)9-16-10-2-3-12(11(14)8-10)20(15,17)18/h2-3,8,16H,4-7,9,14H2,1H3,(H2,15,17,18). The number of nitrogen functional groups attached to an aromatic ring is 1. The number of ether oxygens (including phenoxy) is 1. The number of primary sulfonamides is 1. The summed E-state index contributed by atoms with van der Waals surface area (Å²) in [6.45, 7) is 4.57. The van der Waals surface area contributed by atoms with Crippen molar-refractivity contribution in [3.05, 3.63) is 18.2 Å². The van der Waals surface area contributed by atoms with Gasteiger partial charge in [-0.3, -0.25) is 0 Å². The Labute approximate surface area is 119 Å². The molecular weight excluding hydrogens is 278 g/mol. The first-order valence-electron chi connectivity index (χ1n) is 6.54. The van der Waals surface area contributed by atoms with E-state index in [0.717, 1.165) is 38.3 Å². The molecule has 1 aromatic rings. The minimum Gasteiger partial charge on any atom is -0.398 e. The van der Waals surface area contributed by atoms with Crippen molar-refractivity contribution in [1.82, 2.24) is 0 Å². The smallest absolute Gasteiger partial charge is 0.240 e. The average molecular weight is 299 g/mol. The Balaban J connectivity index is 2.06. The van der Waals surface area contributed by atoms with E-state index in [-0.39, 0.29) is 16.0 Å². The summed E-state index contributed by atoms with van der Waals surface area (Å²) in [5.74, 6) is 0. The zero-order valence-electron chi connectivity index (χ0n) is 11.6. The molecule has 6 nitrogen and oxygen atoms in total. The summed E-state index contributed by atoms with van der Waals surface area (Å²) in [5, 5.41) is 8.38. The first-order chi connectivity index (χ1) is 9.30. The maximum Gasteiger partial charge on any atom is 0.240 e. The second kappa shape index (κ2) is 5.59. The maximum atomic E-state index is 11.3. The Hall–Kier alpha value is -1.31. The average Bonchev–Trinajstić information content (AvgIpc) is 2.36. The van der Waals surface area contributed by atoms with Gasteiger partial charge in [0.05, 0.1) is 5.69 Å². The van der Waals surface area contributed by atoms with Crippen molar-refractivity contribution in [2.45, 2.75) is 24.7 Å². The van der Waals surface area contributed by atoms with Gasteiger partial charge in [-0.2, -0.15) is 0 Å². The topological polar surface area (TPSA) is 107 Å². The van der Waals surface area contributed by atoms with Crippen molar-refractivity contribution in [2.24, 2.45) is 10.6 Å². The lowest BCUT2D eigenvalue weighted by Gasteiger charge is -2.34. The Morgan fingerprint density at radius 3 is 2.55 bits per heavy atom. The molecule has 0 aliphatic carbocycles. The normalized spacial score (nSPS) is 18.7. The number of anilines is 2. The lowest BCUT2D eigenvalue weighted by molar-refractivity contribution is 0.0300. The van der Waals surface area contributed by atoms with Crippen LogP contribution in [0.25, 0.3) is 0 Å².